The predicted octanol–water partition coefficient (Wildman–Crippen LogP) is 2.53. The van der Waals surface area contributed by atoms with Crippen LogP contribution in [0.2, 0.25) is 0 Å². The number of hydrogen-bond donors (Lipinski definition) is 1. The van der Waals surface area contributed by atoms with Crippen LogP contribution < -0.4 is 19.5 Å². The van der Waals surface area contributed by atoms with Gasteiger partial charge in [0.1, 0.15) is 12.4 Å². The second-order valence-electron chi connectivity index (χ2n) is 6.22. The van der Waals surface area contributed by atoms with E-state index >= 15 is 0 Å². The summed E-state index contributed by atoms with van der Waals surface area (Å²) in [5.41, 5.74) is 1.79. The highest BCUT2D eigenvalue weighted by molar-refractivity contribution is 6.04. The van der Waals surface area contributed by atoms with E-state index in [0.29, 0.717) is 41.7 Å². The van der Waals surface area contributed by atoms with Crippen molar-refractivity contribution in [3.63, 3.8) is 0 Å². The van der Waals surface area contributed by atoms with E-state index in [2.05, 4.69) is 5.32 Å². The van der Waals surface area contributed by atoms with E-state index in [9.17, 15) is 9.59 Å². The molecule has 0 unspecified atom stereocenters. The fraction of sp³-hybridized carbons (Fsp3) is 0.200. The van der Waals surface area contributed by atoms with Gasteiger partial charge in [0.05, 0.1) is 12.1 Å². The minimum absolute atomic E-state index is 0.130. The Kier molecular flexibility index (Phi) is 4.42. The van der Waals surface area contributed by atoms with Crippen LogP contribution in [-0.4, -0.2) is 43.7 Å². The maximum Gasteiger partial charge on any atom is 0.257 e. The molecule has 0 aromatic heterocycles. The number of benzene rings is 2. The standard InChI is InChI=1S/C20H18N2O5/c1-22-8-9-25-16-6-4-14(11-15(16)20(22)24)21-19(23)7-3-13-2-5-17-18(10-13)27-12-26-17/h2-7,10-11H,8-9,12H2,1H3,(H,21,23)/b7-3+. The molecule has 2 heterocycles. The highest BCUT2D eigenvalue weighted by atomic mass is 16.7. The van der Waals surface area contributed by atoms with E-state index in [1.54, 1.807) is 48.4 Å². The second-order valence-corrected chi connectivity index (χ2v) is 6.22. The number of hydrogen-bond acceptors (Lipinski definition) is 5. The fourth-order valence-electron chi connectivity index (χ4n) is 2.87. The number of likely N-dealkylation sites (N-methyl/N-ethyl adjacent to an activating group) is 1. The lowest BCUT2D eigenvalue weighted by atomic mass is 10.1. The topological polar surface area (TPSA) is 77.1 Å². The lowest BCUT2D eigenvalue weighted by Gasteiger charge is -2.13. The summed E-state index contributed by atoms with van der Waals surface area (Å²) in [7, 11) is 1.72. The Labute approximate surface area is 156 Å². The van der Waals surface area contributed by atoms with Crippen LogP contribution in [0.1, 0.15) is 15.9 Å². The molecule has 4 rings (SSSR count). The van der Waals surface area contributed by atoms with Crippen LogP contribution in [-0.2, 0) is 4.79 Å². The Morgan fingerprint density at radius 2 is 1.89 bits per heavy atom. The van der Waals surface area contributed by atoms with Crippen molar-refractivity contribution in [1.29, 1.82) is 0 Å². The number of amides is 2. The molecular weight excluding hydrogens is 348 g/mol. The molecule has 2 aromatic rings. The molecule has 7 nitrogen and oxygen atoms in total. The van der Waals surface area contributed by atoms with Crippen molar-refractivity contribution in [3.8, 4) is 17.2 Å². The van der Waals surface area contributed by atoms with E-state index < -0.39 is 0 Å². The zero-order valence-corrected chi connectivity index (χ0v) is 14.7. The van der Waals surface area contributed by atoms with Crippen LogP contribution in [0.25, 0.3) is 6.08 Å². The van der Waals surface area contributed by atoms with E-state index in [1.807, 2.05) is 6.07 Å². The molecule has 7 heteroatoms. The molecule has 0 saturated heterocycles. The highest BCUT2D eigenvalue weighted by Crippen LogP contribution is 2.32. The Morgan fingerprint density at radius 1 is 1.07 bits per heavy atom. The molecule has 0 spiro atoms. The molecular formula is C20H18N2O5. The van der Waals surface area contributed by atoms with Crippen LogP contribution in [0.5, 0.6) is 17.2 Å². The SMILES string of the molecule is CN1CCOc2ccc(NC(=O)/C=C/c3ccc4c(c3)OCO4)cc2C1=O. The summed E-state index contributed by atoms with van der Waals surface area (Å²) in [5.74, 6) is 1.44. The van der Waals surface area contributed by atoms with Gasteiger partial charge in [-0.15, -0.1) is 0 Å². The summed E-state index contributed by atoms with van der Waals surface area (Å²) in [6.45, 7) is 1.17. The van der Waals surface area contributed by atoms with E-state index in [-0.39, 0.29) is 18.6 Å². The molecule has 0 saturated carbocycles. The number of fused-ring (bicyclic) bond motifs is 2. The molecule has 0 bridgehead atoms. The Bertz CT molecular complexity index is 938. The average Bonchev–Trinajstić information content (AvgIpc) is 3.09. The van der Waals surface area contributed by atoms with Crippen molar-refractivity contribution in [2.45, 2.75) is 0 Å². The molecule has 2 aromatic carbocycles. The zero-order chi connectivity index (χ0) is 18.8. The molecule has 2 aliphatic heterocycles. The number of nitrogens with one attached hydrogen (secondary N) is 1. The van der Waals surface area contributed by atoms with Crippen molar-refractivity contribution in [2.75, 3.05) is 32.3 Å². The Morgan fingerprint density at radius 3 is 2.78 bits per heavy atom. The van der Waals surface area contributed by atoms with E-state index in [4.69, 9.17) is 14.2 Å². The van der Waals surface area contributed by atoms with Gasteiger partial charge in [-0.25, -0.2) is 0 Å². The number of ether oxygens (including phenoxy) is 3. The first-order valence-electron chi connectivity index (χ1n) is 8.51. The van der Waals surface area contributed by atoms with Gasteiger partial charge in [0.25, 0.3) is 5.91 Å². The molecule has 27 heavy (non-hydrogen) atoms. The molecule has 0 fully saturated rings. The van der Waals surface area contributed by atoms with Gasteiger partial charge in [-0.3, -0.25) is 9.59 Å². The summed E-state index contributed by atoms with van der Waals surface area (Å²) >= 11 is 0. The summed E-state index contributed by atoms with van der Waals surface area (Å²) < 4.78 is 16.2. The van der Waals surface area contributed by atoms with Crippen LogP contribution in [0.3, 0.4) is 0 Å². The maximum absolute atomic E-state index is 12.4. The predicted molar refractivity (Wildman–Crippen MR) is 99.1 cm³/mol. The second kappa shape index (κ2) is 7.03. The minimum Gasteiger partial charge on any atom is -0.491 e. The summed E-state index contributed by atoms with van der Waals surface area (Å²) in [6.07, 6.45) is 3.11. The Balaban J connectivity index is 1.47. The van der Waals surface area contributed by atoms with Crippen molar-refractivity contribution >= 4 is 23.6 Å². The van der Waals surface area contributed by atoms with Crippen molar-refractivity contribution < 1.29 is 23.8 Å². The van der Waals surface area contributed by atoms with Crippen molar-refractivity contribution in [1.82, 2.24) is 4.90 Å². The van der Waals surface area contributed by atoms with Gasteiger partial charge in [-0.05, 0) is 42.0 Å². The van der Waals surface area contributed by atoms with Gasteiger partial charge in [-0.2, -0.15) is 0 Å². The quantitative estimate of drug-likeness (QED) is 0.845. The first-order valence-corrected chi connectivity index (χ1v) is 8.51. The van der Waals surface area contributed by atoms with E-state index in [1.165, 1.54) is 6.08 Å². The summed E-state index contributed by atoms with van der Waals surface area (Å²) in [5, 5.41) is 2.76. The van der Waals surface area contributed by atoms with Crippen LogP contribution in [0.4, 0.5) is 5.69 Å². The number of anilines is 1. The van der Waals surface area contributed by atoms with Crippen LogP contribution >= 0.6 is 0 Å². The van der Waals surface area contributed by atoms with Gasteiger partial charge < -0.3 is 24.4 Å². The van der Waals surface area contributed by atoms with Gasteiger partial charge in [-0.1, -0.05) is 6.07 Å². The molecule has 0 aliphatic carbocycles. The average molecular weight is 366 g/mol. The largest absolute Gasteiger partial charge is 0.491 e. The van der Waals surface area contributed by atoms with Gasteiger partial charge >= 0.3 is 0 Å². The third kappa shape index (κ3) is 3.57. The normalized spacial score (nSPS) is 15.3. The lowest BCUT2D eigenvalue weighted by molar-refractivity contribution is -0.111. The van der Waals surface area contributed by atoms with E-state index in [0.717, 1.165) is 5.56 Å². The molecule has 138 valence electrons. The van der Waals surface area contributed by atoms with Crippen molar-refractivity contribution in [3.05, 3.63) is 53.6 Å². The molecule has 0 atom stereocenters. The smallest absolute Gasteiger partial charge is 0.257 e. The molecule has 2 aliphatic rings. The van der Waals surface area contributed by atoms with Crippen LogP contribution in [0, 0.1) is 0 Å². The number of nitrogens with zero attached hydrogens (tertiary/aromatic N) is 1. The maximum atomic E-state index is 12.4. The minimum atomic E-state index is -0.303. The first kappa shape index (κ1) is 17.0. The van der Waals surface area contributed by atoms with Gasteiger partial charge in [0.15, 0.2) is 11.5 Å². The van der Waals surface area contributed by atoms with Gasteiger partial charge in [0.2, 0.25) is 12.7 Å². The highest BCUT2D eigenvalue weighted by Gasteiger charge is 2.21. The molecule has 2 amide bonds. The number of rotatable bonds is 3. The third-order valence-corrected chi connectivity index (χ3v) is 4.33. The van der Waals surface area contributed by atoms with Crippen LogP contribution in [0.15, 0.2) is 42.5 Å². The van der Waals surface area contributed by atoms with Gasteiger partial charge in [0, 0.05) is 18.8 Å². The number of carbonyl (C=O) groups is 2. The first-order chi connectivity index (χ1) is 13.1. The summed E-state index contributed by atoms with van der Waals surface area (Å²) in [6, 6.07) is 10.5. The third-order valence-electron chi connectivity index (χ3n) is 4.33. The Hall–Kier alpha value is -3.48. The zero-order valence-electron chi connectivity index (χ0n) is 14.7. The summed E-state index contributed by atoms with van der Waals surface area (Å²) in [4.78, 5) is 26.2. The number of carbonyl (C=O) groups excluding carboxylic acids is 2. The molecule has 0 radical (unpaired) electrons. The lowest BCUT2D eigenvalue weighted by Crippen LogP contribution is -2.27. The fourth-order valence-corrected chi connectivity index (χ4v) is 2.87. The molecule has 1 N–H and O–H groups in total. The van der Waals surface area contributed by atoms with Crippen molar-refractivity contribution in [2.24, 2.45) is 0 Å². The monoisotopic (exact) mass is 366 g/mol.